The summed E-state index contributed by atoms with van der Waals surface area (Å²) in [5, 5.41) is 34.8. The first-order chi connectivity index (χ1) is 10.4. The predicted octanol–water partition coefficient (Wildman–Crippen LogP) is 1.23. The van der Waals surface area contributed by atoms with Gasteiger partial charge in [0.2, 0.25) is 0 Å². The number of carbonyl (C=O) groups is 2. The third kappa shape index (κ3) is 7.58. The second-order valence-corrected chi connectivity index (χ2v) is 4.30. The second kappa shape index (κ2) is 11.2. The van der Waals surface area contributed by atoms with Crippen LogP contribution in [0, 0.1) is 0 Å². The molecule has 6 nitrogen and oxygen atoms in total. The molecule has 2 aromatic carbocycles. The number of carboxylic acid groups (broad SMARTS) is 2. The molecule has 23 heavy (non-hydrogen) atoms. The minimum absolute atomic E-state index is 0. The fourth-order valence-electron chi connectivity index (χ4n) is 1.56. The van der Waals surface area contributed by atoms with Crippen molar-refractivity contribution in [3.05, 3.63) is 71.8 Å². The van der Waals surface area contributed by atoms with Gasteiger partial charge in [0.25, 0.3) is 0 Å². The number of hydrogen-bond acceptors (Lipinski definition) is 4. The minimum atomic E-state index is -1.41. The number of aliphatic hydroxyl groups is 2. The van der Waals surface area contributed by atoms with Crippen LogP contribution in [-0.2, 0) is 9.59 Å². The van der Waals surface area contributed by atoms with Crippen LogP contribution in [0.25, 0.3) is 0 Å². The number of aliphatic carboxylic acids is 2. The maximum Gasteiger partial charge on any atom is 0.337 e. The van der Waals surface area contributed by atoms with Gasteiger partial charge in [0.1, 0.15) is 0 Å². The van der Waals surface area contributed by atoms with E-state index >= 15 is 0 Å². The van der Waals surface area contributed by atoms with E-state index in [4.69, 9.17) is 20.4 Å². The van der Waals surface area contributed by atoms with E-state index in [2.05, 4.69) is 0 Å². The molecule has 0 bridgehead atoms. The van der Waals surface area contributed by atoms with Crippen molar-refractivity contribution < 1.29 is 30.0 Å². The van der Waals surface area contributed by atoms with Crippen LogP contribution in [-0.4, -0.2) is 70.1 Å². The summed E-state index contributed by atoms with van der Waals surface area (Å²) in [6.07, 6.45) is -2.81. The van der Waals surface area contributed by atoms with E-state index < -0.39 is 24.1 Å². The summed E-state index contributed by atoms with van der Waals surface area (Å²) in [7, 11) is 0. The number of hydrogen-bond donors (Lipinski definition) is 4. The Hall–Kier alpha value is -1.44. The van der Waals surface area contributed by atoms with Gasteiger partial charge in [0.05, 0.1) is 0 Å². The van der Waals surface area contributed by atoms with Gasteiger partial charge in [-0.1, -0.05) is 60.7 Å². The van der Waals surface area contributed by atoms with Crippen LogP contribution in [0.5, 0.6) is 0 Å². The Bertz CT molecular complexity index is 547. The van der Waals surface area contributed by atoms with Crippen LogP contribution in [0.2, 0.25) is 0 Å². The van der Waals surface area contributed by atoms with Crippen LogP contribution in [0.4, 0.5) is 0 Å². The van der Waals surface area contributed by atoms with Crippen molar-refractivity contribution in [3.63, 3.8) is 0 Å². The zero-order valence-electron chi connectivity index (χ0n) is 12.2. The number of carboxylic acids is 2. The summed E-state index contributed by atoms with van der Waals surface area (Å²) in [4.78, 5) is 20.5. The number of benzene rings is 2. The van der Waals surface area contributed by atoms with Crippen LogP contribution >= 0.6 is 0 Å². The van der Waals surface area contributed by atoms with Crippen LogP contribution in [0.15, 0.2) is 60.7 Å². The van der Waals surface area contributed by atoms with Crippen molar-refractivity contribution in [1.29, 1.82) is 0 Å². The average molecular weight is 344 g/mol. The summed E-state index contributed by atoms with van der Waals surface area (Å²) < 4.78 is 0. The third-order valence-corrected chi connectivity index (χ3v) is 2.70. The average Bonchev–Trinajstić information content (AvgIpc) is 2.55. The Labute approximate surface area is 163 Å². The minimum Gasteiger partial charge on any atom is -0.479 e. The quantitative estimate of drug-likeness (QED) is 0.620. The smallest absolute Gasteiger partial charge is 0.337 e. The molecule has 0 aliphatic carbocycles. The molecule has 0 aromatic heterocycles. The first-order valence-electron chi connectivity index (χ1n) is 6.35. The van der Waals surface area contributed by atoms with Crippen LogP contribution in [0.1, 0.15) is 23.3 Å². The molecule has 0 heterocycles. The van der Waals surface area contributed by atoms with Gasteiger partial charge in [-0.15, -0.1) is 0 Å². The fourth-order valence-corrected chi connectivity index (χ4v) is 1.56. The molecule has 2 rings (SSSR count). The van der Waals surface area contributed by atoms with E-state index in [9.17, 15) is 9.59 Å². The van der Waals surface area contributed by atoms with Gasteiger partial charge in [-0.3, -0.25) is 0 Å². The van der Waals surface area contributed by atoms with Gasteiger partial charge in [0.15, 0.2) is 12.2 Å². The predicted molar refractivity (Wildman–Crippen MR) is 83.8 cm³/mol. The maximum atomic E-state index is 10.2. The Balaban J connectivity index is 0.000000403. The number of aliphatic hydroxyl groups excluding tert-OH is 2. The van der Waals surface area contributed by atoms with Crippen LogP contribution < -0.4 is 0 Å². The van der Waals surface area contributed by atoms with Crippen molar-refractivity contribution >= 4 is 49.7 Å². The zero-order valence-corrected chi connectivity index (χ0v) is 14.4. The monoisotopic (exact) mass is 344 g/mol. The standard InChI is InChI=1S/2C8H8O3.Ca/c2*9-7(8(10)11)6-4-2-1-3-5-6;/h2*1-5,7,9H,(H,10,11);. The topological polar surface area (TPSA) is 115 Å². The Morgan fingerprint density at radius 3 is 1.13 bits per heavy atom. The molecular formula is C16H16CaO6. The van der Waals surface area contributed by atoms with E-state index in [1.807, 2.05) is 0 Å². The van der Waals surface area contributed by atoms with E-state index in [1.54, 1.807) is 60.7 Å². The Morgan fingerprint density at radius 1 is 0.652 bits per heavy atom. The molecule has 2 unspecified atom stereocenters. The molecular weight excluding hydrogens is 328 g/mol. The van der Waals surface area contributed by atoms with Crippen molar-refractivity contribution in [3.8, 4) is 0 Å². The van der Waals surface area contributed by atoms with E-state index in [1.165, 1.54) is 0 Å². The first-order valence-corrected chi connectivity index (χ1v) is 6.35. The molecule has 0 spiro atoms. The van der Waals surface area contributed by atoms with E-state index in [0.717, 1.165) is 0 Å². The summed E-state index contributed by atoms with van der Waals surface area (Å²) in [5.41, 5.74) is 0.806. The zero-order chi connectivity index (χ0) is 16.5. The van der Waals surface area contributed by atoms with Gasteiger partial charge >= 0.3 is 11.9 Å². The van der Waals surface area contributed by atoms with Gasteiger partial charge < -0.3 is 20.4 Å². The van der Waals surface area contributed by atoms with Gasteiger partial charge in [0, 0.05) is 37.7 Å². The summed E-state index contributed by atoms with van der Waals surface area (Å²) in [6, 6.07) is 16.5. The van der Waals surface area contributed by atoms with Gasteiger partial charge in [-0.25, -0.2) is 9.59 Å². The van der Waals surface area contributed by atoms with Crippen molar-refractivity contribution in [2.24, 2.45) is 0 Å². The Kier molecular flexibility index (Phi) is 10.5. The first kappa shape index (κ1) is 21.6. The molecule has 0 amide bonds. The largest absolute Gasteiger partial charge is 0.479 e. The summed E-state index contributed by atoms with van der Waals surface area (Å²) in [6.45, 7) is 0. The maximum absolute atomic E-state index is 10.2. The normalized spacial score (nSPS) is 11.9. The molecule has 0 saturated carbocycles. The molecule has 2 radical (unpaired) electrons. The molecule has 0 saturated heterocycles. The molecule has 0 aliphatic heterocycles. The fraction of sp³-hybridized carbons (Fsp3) is 0.125. The molecule has 4 N–H and O–H groups in total. The summed E-state index contributed by atoms with van der Waals surface area (Å²) in [5.74, 6) is -2.45. The van der Waals surface area contributed by atoms with Crippen LogP contribution in [0.3, 0.4) is 0 Å². The SMILES string of the molecule is O=C(O)C(O)c1ccccc1.O=C(O)C(O)c1ccccc1.[Ca]. The molecule has 2 atom stereocenters. The van der Waals surface area contributed by atoms with E-state index in [0.29, 0.717) is 11.1 Å². The van der Waals surface area contributed by atoms with Gasteiger partial charge in [-0.05, 0) is 11.1 Å². The van der Waals surface area contributed by atoms with Crippen molar-refractivity contribution in [2.75, 3.05) is 0 Å². The third-order valence-electron chi connectivity index (χ3n) is 2.70. The second-order valence-electron chi connectivity index (χ2n) is 4.30. The molecule has 0 fully saturated rings. The number of rotatable bonds is 4. The van der Waals surface area contributed by atoms with E-state index in [-0.39, 0.29) is 37.7 Å². The van der Waals surface area contributed by atoms with Crippen molar-refractivity contribution in [2.45, 2.75) is 12.2 Å². The summed E-state index contributed by atoms with van der Waals surface area (Å²) >= 11 is 0. The van der Waals surface area contributed by atoms with Crippen molar-refractivity contribution in [1.82, 2.24) is 0 Å². The van der Waals surface area contributed by atoms with Gasteiger partial charge in [-0.2, -0.15) is 0 Å². The molecule has 7 heteroatoms. The Morgan fingerprint density at radius 2 is 0.913 bits per heavy atom. The molecule has 2 aromatic rings. The molecule has 118 valence electrons. The molecule has 0 aliphatic rings.